The van der Waals surface area contributed by atoms with Crippen LogP contribution in [0.4, 0.5) is 5.69 Å². The first-order valence-electron chi connectivity index (χ1n) is 5.72. The maximum absolute atomic E-state index is 12.0. The van der Waals surface area contributed by atoms with Gasteiger partial charge >= 0.3 is 5.97 Å². The van der Waals surface area contributed by atoms with Gasteiger partial charge in [0.05, 0.1) is 15.7 Å². The van der Waals surface area contributed by atoms with Crippen LogP contribution >= 0.6 is 39.1 Å². The molecule has 1 aliphatic heterocycles. The van der Waals surface area contributed by atoms with Crippen molar-refractivity contribution in [3.8, 4) is 0 Å². The average molecular weight is 383 g/mol. The van der Waals surface area contributed by atoms with Crippen LogP contribution in [-0.2, 0) is 14.3 Å². The van der Waals surface area contributed by atoms with Crippen LogP contribution in [0.5, 0.6) is 0 Å². The van der Waals surface area contributed by atoms with Crippen molar-refractivity contribution in [2.45, 2.75) is 25.0 Å². The number of benzene rings is 1. The first-order valence-corrected chi connectivity index (χ1v) is 7.27. The summed E-state index contributed by atoms with van der Waals surface area (Å²) in [5.41, 5.74) is 0.281. The number of carbonyl (C=O) groups excluding carboxylic acids is 1. The molecule has 1 heterocycles. The zero-order valence-electron chi connectivity index (χ0n) is 10.0. The lowest BCUT2D eigenvalue weighted by Gasteiger charge is -2.14. The number of hydrogen-bond donors (Lipinski definition) is 2. The van der Waals surface area contributed by atoms with Gasteiger partial charge < -0.3 is 15.2 Å². The van der Waals surface area contributed by atoms with Crippen LogP contribution in [0.3, 0.4) is 0 Å². The molecule has 2 atom stereocenters. The summed E-state index contributed by atoms with van der Waals surface area (Å²) < 4.78 is 5.84. The summed E-state index contributed by atoms with van der Waals surface area (Å²) in [5, 5.41) is 11.9. The van der Waals surface area contributed by atoms with E-state index in [1.165, 1.54) is 0 Å². The van der Waals surface area contributed by atoms with Crippen molar-refractivity contribution in [2.24, 2.45) is 0 Å². The van der Waals surface area contributed by atoms with E-state index in [0.29, 0.717) is 17.3 Å². The van der Waals surface area contributed by atoms with Gasteiger partial charge in [-0.05, 0) is 25.0 Å². The number of carboxylic acid groups (broad SMARTS) is 1. The lowest BCUT2D eigenvalue weighted by Crippen LogP contribution is -2.30. The molecular weight excluding hydrogens is 373 g/mol. The highest BCUT2D eigenvalue weighted by Crippen LogP contribution is 2.34. The first kappa shape index (κ1) is 15.6. The zero-order valence-corrected chi connectivity index (χ0v) is 13.1. The topological polar surface area (TPSA) is 75.6 Å². The van der Waals surface area contributed by atoms with Crippen LogP contribution in [-0.4, -0.2) is 29.2 Å². The van der Waals surface area contributed by atoms with Gasteiger partial charge in [0.15, 0.2) is 6.10 Å². The molecule has 20 heavy (non-hydrogen) atoms. The largest absolute Gasteiger partial charge is 0.479 e. The van der Waals surface area contributed by atoms with E-state index in [4.69, 9.17) is 33.0 Å². The fourth-order valence-corrected chi connectivity index (χ4v) is 3.18. The van der Waals surface area contributed by atoms with Crippen LogP contribution in [0.15, 0.2) is 16.6 Å². The van der Waals surface area contributed by atoms with Crippen molar-refractivity contribution >= 4 is 56.7 Å². The number of hydrogen-bond acceptors (Lipinski definition) is 3. The highest BCUT2D eigenvalue weighted by molar-refractivity contribution is 9.10. The summed E-state index contributed by atoms with van der Waals surface area (Å²) in [5.74, 6) is -1.53. The molecule has 0 bridgehead atoms. The number of ether oxygens (including phenoxy) is 1. The van der Waals surface area contributed by atoms with Crippen LogP contribution in [0.1, 0.15) is 12.8 Å². The third kappa shape index (κ3) is 3.44. The lowest BCUT2D eigenvalue weighted by atomic mass is 10.2. The van der Waals surface area contributed by atoms with Gasteiger partial charge in [-0.15, -0.1) is 0 Å². The Balaban J connectivity index is 2.08. The molecule has 108 valence electrons. The summed E-state index contributed by atoms with van der Waals surface area (Å²) in [7, 11) is 0. The number of amides is 1. The third-order valence-corrected chi connectivity index (χ3v) is 3.90. The van der Waals surface area contributed by atoms with E-state index in [0.717, 1.165) is 0 Å². The summed E-state index contributed by atoms with van der Waals surface area (Å²) in [6.07, 6.45) is -1.11. The molecule has 1 aromatic carbocycles. The van der Waals surface area contributed by atoms with E-state index in [1.54, 1.807) is 12.1 Å². The fraction of sp³-hybridized carbons (Fsp3) is 0.333. The van der Waals surface area contributed by atoms with Crippen LogP contribution in [0, 0.1) is 0 Å². The minimum atomic E-state index is -1.07. The molecule has 1 fully saturated rings. The van der Waals surface area contributed by atoms with Gasteiger partial charge in [-0.3, -0.25) is 4.79 Å². The lowest BCUT2D eigenvalue weighted by molar-refractivity contribution is -0.150. The number of aliphatic carboxylic acids is 1. The smallest absolute Gasteiger partial charge is 0.332 e. The van der Waals surface area contributed by atoms with Crippen LogP contribution in [0.2, 0.25) is 10.0 Å². The van der Waals surface area contributed by atoms with Gasteiger partial charge in [-0.25, -0.2) is 4.79 Å². The summed E-state index contributed by atoms with van der Waals surface area (Å²) in [4.78, 5) is 22.8. The molecule has 8 heteroatoms. The Morgan fingerprint density at radius 2 is 1.80 bits per heavy atom. The number of carbonyl (C=O) groups is 2. The van der Waals surface area contributed by atoms with Gasteiger partial charge in [-0.1, -0.05) is 39.1 Å². The second kappa shape index (κ2) is 6.30. The minimum absolute atomic E-state index is 0.281. The third-order valence-electron chi connectivity index (χ3n) is 2.84. The molecule has 1 saturated heterocycles. The zero-order chi connectivity index (χ0) is 14.9. The van der Waals surface area contributed by atoms with E-state index < -0.39 is 24.1 Å². The van der Waals surface area contributed by atoms with E-state index in [9.17, 15) is 9.59 Å². The van der Waals surface area contributed by atoms with Crippen molar-refractivity contribution in [3.05, 3.63) is 26.7 Å². The highest BCUT2D eigenvalue weighted by Gasteiger charge is 2.35. The average Bonchev–Trinajstić information content (AvgIpc) is 2.83. The molecule has 1 aliphatic rings. The second-order valence-electron chi connectivity index (χ2n) is 4.26. The molecular formula is C12H10BrCl2NO4. The number of rotatable bonds is 3. The maximum atomic E-state index is 12.0. The molecule has 1 amide bonds. The number of halogens is 3. The van der Waals surface area contributed by atoms with Crippen molar-refractivity contribution in [2.75, 3.05) is 5.32 Å². The van der Waals surface area contributed by atoms with Gasteiger partial charge in [0.25, 0.3) is 5.91 Å². The van der Waals surface area contributed by atoms with Gasteiger partial charge in [0.2, 0.25) is 0 Å². The van der Waals surface area contributed by atoms with Gasteiger partial charge in [0.1, 0.15) is 6.10 Å². The fourth-order valence-electron chi connectivity index (χ4n) is 1.88. The first-order chi connectivity index (χ1) is 9.38. The number of nitrogens with one attached hydrogen (secondary N) is 1. The van der Waals surface area contributed by atoms with E-state index in [2.05, 4.69) is 21.2 Å². The van der Waals surface area contributed by atoms with Crippen molar-refractivity contribution < 1.29 is 19.4 Å². The highest BCUT2D eigenvalue weighted by atomic mass is 79.9. The molecule has 0 radical (unpaired) electrons. The SMILES string of the molecule is O=C(O)C1CCC(C(=O)Nc2c(Cl)cc(Br)cc2Cl)O1. The standard InChI is InChI=1S/C12H10BrCl2NO4/c13-5-3-6(14)10(7(15)4-5)16-11(17)8-1-2-9(20-8)12(18)19/h3-4,8-9H,1-2H2,(H,16,17)(H,18,19). The van der Waals surface area contributed by atoms with Crippen molar-refractivity contribution in [3.63, 3.8) is 0 Å². The van der Waals surface area contributed by atoms with Crippen molar-refractivity contribution in [1.29, 1.82) is 0 Å². The Kier molecular flexibility index (Phi) is 4.90. The molecule has 5 nitrogen and oxygen atoms in total. The Morgan fingerprint density at radius 3 is 2.30 bits per heavy atom. The molecule has 2 rings (SSSR count). The van der Waals surface area contributed by atoms with Gasteiger partial charge in [-0.2, -0.15) is 0 Å². The van der Waals surface area contributed by atoms with E-state index in [-0.39, 0.29) is 15.7 Å². The molecule has 1 aromatic rings. The van der Waals surface area contributed by atoms with Crippen LogP contribution < -0.4 is 5.32 Å². The normalized spacial score (nSPS) is 21.8. The Bertz CT molecular complexity index is 543. The maximum Gasteiger partial charge on any atom is 0.332 e. The summed E-state index contributed by atoms with van der Waals surface area (Å²) in [6.45, 7) is 0. The predicted molar refractivity (Wildman–Crippen MR) is 78.3 cm³/mol. The molecule has 2 unspecified atom stereocenters. The Morgan fingerprint density at radius 1 is 1.25 bits per heavy atom. The quantitative estimate of drug-likeness (QED) is 0.840. The minimum Gasteiger partial charge on any atom is -0.479 e. The van der Waals surface area contributed by atoms with E-state index >= 15 is 0 Å². The molecule has 0 aromatic heterocycles. The molecule has 2 N–H and O–H groups in total. The number of carboxylic acids is 1. The molecule has 0 saturated carbocycles. The monoisotopic (exact) mass is 381 g/mol. The van der Waals surface area contributed by atoms with Crippen molar-refractivity contribution in [1.82, 2.24) is 0 Å². The molecule has 0 aliphatic carbocycles. The van der Waals surface area contributed by atoms with Crippen LogP contribution in [0.25, 0.3) is 0 Å². The predicted octanol–water partition coefficient (Wildman–Crippen LogP) is 3.33. The number of anilines is 1. The second-order valence-corrected chi connectivity index (χ2v) is 5.99. The molecule has 0 spiro atoms. The summed E-state index contributed by atoms with van der Waals surface area (Å²) >= 11 is 15.2. The Hall–Kier alpha value is -0.820. The summed E-state index contributed by atoms with van der Waals surface area (Å²) in [6, 6.07) is 3.19. The van der Waals surface area contributed by atoms with Gasteiger partial charge in [0, 0.05) is 4.47 Å². The van der Waals surface area contributed by atoms with E-state index in [1.807, 2.05) is 0 Å². The Labute approximate surface area is 133 Å².